The highest BCUT2D eigenvalue weighted by Crippen LogP contribution is 2.54. The molecule has 0 spiro atoms. The Morgan fingerprint density at radius 3 is 2.57 bits per heavy atom. The molecule has 1 saturated carbocycles. The molecular formula is C13H23N. The Kier molecular flexibility index (Phi) is 4.01. The van der Waals surface area contributed by atoms with Gasteiger partial charge in [-0.2, -0.15) is 0 Å². The van der Waals surface area contributed by atoms with Crippen molar-refractivity contribution in [2.45, 2.75) is 53.0 Å². The van der Waals surface area contributed by atoms with E-state index in [1.54, 1.807) is 0 Å². The molecule has 0 heterocycles. The maximum absolute atomic E-state index is 3.62. The van der Waals surface area contributed by atoms with Crippen molar-refractivity contribution in [3.05, 3.63) is 0 Å². The Balaban J connectivity index is 2.40. The fraction of sp³-hybridized carbons (Fsp3) is 0.846. The van der Waals surface area contributed by atoms with E-state index in [2.05, 4.69) is 37.9 Å². The molecule has 14 heavy (non-hydrogen) atoms. The van der Waals surface area contributed by atoms with E-state index in [4.69, 9.17) is 0 Å². The highest BCUT2D eigenvalue weighted by molar-refractivity contribution is 5.07. The lowest BCUT2D eigenvalue weighted by atomic mass is 10.0. The number of hydrogen-bond acceptors (Lipinski definition) is 1. The lowest BCUT2D eigenvalue weighted by Gasteiger charge is -2.17. The second-order valence-corrected chi connectivity index (χ2v) is 4.99. The molecule has 1 rings (SSSR count). The van der Waals surface area contributed by atoms with Crippen LogP contribution in [0.1, 0.15) is 47.0 Å². The van der Waals surface area contributed by atoms with Crippen LogP contribution in [0.2, 0.25) is 0 Å². The van der Waals surface area contributed by atoms with Gasteiger partial charge in [-0.15, -0.1) is 11.8 Å². The summed E-state index contributed by atoms with van der Waals surface area (Å²) in [5.41, 5.74) is 0.556. The van der Waals surface area contributed by atoms with Gasteiger partial charge in [0.2, 0.25) is 0 Å². The molecule has 80 valence electrons. The fourth-order valence-electron chi connectivity index (χ4n) is 2.09. The minimum Gasteiger partial charge on any atom is -0.313 e. The normalized spacial score (nSPS) is 25.0. The monoisotopic (exact) mass is 193 g/mol. The van der Waals surface area contributed by atoms with E-state index in [0.29, 0.717) is 11.5 Å². The Morgan fingerprint density at radius 2 is 2.14 bits per heavy atom. The Labute approximate surface area is 88.7 Å². The maximum atomic E-state index is 3.62. The van der Waals surface area contributed by atoms with E-state index in [1.807, 2.05) is 6.92 Å². The molecule has 2 unspecified atom stereocenters. The highest BCUT2D eigenvalue weighted by Gasteiger charge is 2.49. The van der Waals surface area contributed by atoms with Gasteiger partial charge in [0.05, 0.1) is 0 Å². The second kappa shape index (κ2) is 4.84. The molecule has 1 aliphatic rings. The summed E-state index contributed by atoms with van der Waals surface area (Å²) >= 11 is 0. The van der Waals surface area contributed by atoms with Crippen molar-refractivity contribution in [3.63, 3.8) is 0 Å². The first-order chi connectivity index (χ1) is 6.61. The SMILES string of the molecule is CC#CCC(NCCC)C1CC1(C)C. The average Bonchev–Trinajstić information content (AvgIpc) is 2.75. The predicted octanol–water partition coefficient (Wildman–Crippen LogP) is 2.81. The zero-order valence-corrected chi connectivity index (χ0v) is 9.98. The summed E-state index contributed by atoms with van der Waals surface area (Å²) in [4.78, 5) is 0. The molecular weight excluding hydrogens is 170 g/mol. The maximum Gasteiger partial charge on any atom is 0.0246 e. The van der Waals surface area contributed by atoms with E-state index >= 15 is 0 Å². The Bertz CT molecular complexity index is 231. The third kappa shape index (κ3) is 3.03. The minimum atomic E-state index is 0.556. The summed E-state index contributed by atoms with van der Waals surface area (Å²) in [6.07, 6.45) is 3.59. The van der Waals surface area contributed by atoms with Gasteiger partial charge in [0, 0.05) is 12.5 Å². The first-order valence-corrected chi connectivity index (χ1v) is 5.74. The van der Waals surface area contributed by atoms with Gasteiger partial charge < -0.3 is 5.32 Å². The predicted molar refractivity (Wildman–Crippen MR) is 62.0 cm³/mol. The van der Waals surface area contributed by atoms with Crippen LogP contribution in [0.5, 0.6) is 0 Å². The van der Waals surface area contributed by atoms with Crippen molar-refractivity contribution in [3.8, 4) is 11.8 Å². The van der Waals surface area contributed by atoms with Crippen molar-refractivity contribution in [2.24, 2.45) is 11.3 Å². The van der Waals surface area contributed by atoms with Crippen LogP contribution < -0.4 is 5.32 Å². The van der Waals surface area contributed by atoms with Crippen LogP contribution in [-0.4, -0.2) is 12.6 Å². The van der Waals surface area contributed by atoms with Gasteiger partial charge in [0.1, 0.15) is 0 Å². The molecule has 1 heteroatoms. The standard InChI is InChI=1S/C13H23N/c1-5-7-8-12(14-9-6-2)11-10-13(11,3)4/h11-12,14H,6,8-10H2,1-4H3. The zero-order chi connectivity index (χ0) is 10.6. The average molecular weight is 193 g/mol. The smallest absolute Gasteiger partial charge is 0.0246 e. The van der Waals surface area contributed by atoms with Gasteiger partial charge in [-0.1, -0.05) is 20.8 Å². The number of nitrogens with one attached hydrogen (secondary N) is 1. The quantitative estimate of drug-likeness (QED) is 0.662. The van der Waals surface area contributed by atoms with Crippen LogP contribution in [0.25, 0.3) is 0 Å². The molecule has 0 saturated heterocycles. The van der Waals surface area contributed by atoms with Gasteiger partial charge >= 0.3 is 0 Å². The van der Waals surface area contributed by atoms with Crippen LogP contribution in [-0.2, 0) is 0 Å². The van der Waals surface area contributed by atoms with E-state index in [0.717, 1.165) is 18.9 Å². The van der Waals surface area contributed by atoms with E-state index in [9.17, 15) is 0 Å². The summed E-state index contributed by atoms with van der Waals surface area (Å²) in [5, 5.41) is 3.62. The molecule has 1 N–H and O–H groups in total. The van der Waals surface area contributed by atoms with Crippen molar-refractivity contribution in [1.29, 1.82) is 0 Å². The molecule has 0 aromatic rings. The van der Waals surface area contributed by atoms with Crippen molar-refractivity contribution >= 4 is 0 Å². The first-order valence-electron chi connectivity index (χ1n) is 5.74. The molecule has 1 nitrogen and oxygen atoms in total. The fourth-order valence-corrected chi connectivity index (χ4v) is 2.09. The summed E-state index contributed by atoms with van der Waals surface area (Å²) in [6, 6.07) is 0.623. The van der Waals surface area contributed by atoms with Crippen molar-refractivity contribution < 1.29 is 0 Å². The van der Waals surface area contributed by atoms with Crippen molar-refractivity contribution in [2.75, 3.05) is 6.54 Å². The first kappa shape index (κ1) is 11.6. The largest absolute Gasteiger partial charge is 0.313 e. The van der Waals surface area contributed by atoms with Crippen molar-refractivity contribution in [1.82, 2.24) is 5.32 Å². The summed E-state index contributed by atoms with van der Waals surface area (Å²) in [5.74, 6) is 7.04. The zero-order valence-electron chi connectivity index (χ0n) is 9.98. The van der Waals surface area contributed by atoms with Crippen LogP contribution in [0.4, 0.5) is 0 Å². The molecule has 0 radical (unpaired) electrons. The highest BCUT2D eigenvalue weighted by atomic mass is 14.9. The Hall–Kier alpha value is -0.480. The summed E-state index contributed by atoms with van der Waals surface area (Å²) < 4.78 is 0. The summed E-state index contributed by atoms with van der Waals surface area (Å²) in [7, 11) is 0. The van der Waals surface area contributed by atoms with Crippen LogP contribution in [0.3, 0.4) is 0 Å². The van der Waals surface area contributed by atoms with Gasteiger partial charge in [0.15, 0.2) is 0 Å². The number of hydrogen-bond donors (Lipinski definition) is 1. The molecule has 0 aromatic heterocycles. The third-order valence-corrected chi connectivity index (χ3v) is 3.23. The van der Waals surface area contributed by atoms with Crippen LogP contribution in [0.15, 0.2) is 0 Å². The Morgan fingerprint density at radius 1 is 1.50 bits per heavy atom. The topological polar surface area (TPSA) is 12.0 Å². The molecule has 1 aliphatic carbocycles. The minimum absolute atomic E-state index is 0.556. The van der Waals surface area contributed by atoms with E-state index in [-0.39, 0.29) is 0 Å². The van der Waals surface area contributed by atoms with E-state index in [1.165, 1.54) is 12.8 Å². The van der Waals surface area contributed by atoms with Crippen LogP contribution in [0, 0.1) is 23.2 Å². The lowest BCUT2D eigenvalue weighted by Crippen LogP contribution is -2.32. The molecule has 1 fully saturated rings. The third-order valence-electron chi connectivity index (χ3n) is 3.23. The molecule has 0 aliphatic heterocycles. The van der Waals surface area contributed by atoms with Gasteiger partial charge in [-0.3, -0.25) is 0 Å². The lowest BCUT2D eigenvalue weighted by molar-refractivity contribution is 0.410. The molecule has 0 bridgehead atoms. The van der Waals surface area contributed by atoms with Gasteiger partial charge in [-0.05, 0) is 37.6 Å². The van der Waals surface area contributed by atoms with Crippen LogP contribution >= 0.6 is 0 Å². The number of rotatable bonds is 5. The van der Waals surface area contributed by atoms with Gasteiger partial charge in [-0.25, -0.2) is 0 Å². The molecule has 0 amide bonds. The van der Waals surface area contributed by atoms with Gasteiger partial charge in [0.25, 0.3) is 0 Å². The summed E-state index contributed by atoms with van der Waals surface area (Å²) in [6.45, 7) is 9.99. The second-order valence-electron chi connectivity index (χ2n) is 4.99. The molecule has 0 aromatic carbocycles. The van der Waals surface area contributed by atoms with E-state index < -0.39 is 0 Å². The molecule has 2 atom stereocenters.